The molecule has 3 N–H and O–H groups in total. The van der Waals surface area contributed by atoms with Gasteiger partial charge in [-0.2, -0.15) is 0 Å². The first-order chi connectivity index (χ1) is 9.30. The molecule has 1 aromatic carbocycles. The second-order valence-corrected chi connectivity index (χ2v) is 4.98. The second-order valence-electron chi connectivity index (χ2n) is 4.98. The molecule has 1 heterocycles. The summed E-state index contributed by atoms with van der Waals surface area (Å²) in [6.45, 7) is 3.33. The maximum Gasteiger partial charge on any atom is 0.339 e. The highest BCUT2D eigenvalue weighted by Gasteiger charge is 2.27. The predicted molar refractivity (Wildman–Crippen MR) is 71.6 cm³/mol. The third-order valence-corrected chi connectivity index (χ3v) is 2.79. The topological polar surface area (TPSA) is 89.1 Å². The largest absolute Gasteiger partial charge is 0.478 e. The molecule has 0 atom stereocenters. The number of carbonyl (C=O) groups is 1. The van der Waals surface area contributed by atoms with Crippen molar-refractivity contribution in [1.82, 2.24) is 9.97 Å². The lowest BCUT2D eigenvalue weighted by molar-refractivity contribution is 0.0693. The number of hydrogen-bond acceptors (Lipinski definition) is 4. The summed E-state index contributed by atoms with van der Waals surface area (Å²) in [4.78, 5) is 19.5. The lowest BCUT2D eigenvalue weighted by Gasteiger charge is -2.21. The zero-order chi connectivity index (χ0) is 14.9. The van der Waals surface area contributed by atoms with E-state index in [4.69, 9.17) is 5.73 Å². The monoisotopic (exact) mass is 275 g/mol. The highest BCUT2D eigenvalue weighted by molar-refractivity contribution is 5.96. The Labute approximate surface area is 115 Å². The molecule has 2 rings (SSSR count). The van der Waals surface area contributed by atoms with E-state index in [0.29, 0.717) is 5.56 Å². The molecule has 104 valence electrons. The Balaban J connectivity index is 2.71. The quantitative estimate of drug-likeness (QED) is 0.896. The normalized spacial score (nSPS) is 11.4. The van der Waals surface area contributed by atoms with Gasteiger partial charge in [-0.25, -0.2) is 19.2 Å². The van der Waals surface area contributed by atoms with E-state index in [1.165, 1.54) is 30.6 Å². The molecule has 5 nitrogen and oxygen atoms in total. The van der Waals surface area contributed by atoms with E-state index in [-0.39, 0.29) is 17.0 Å². The minimum atomic E-state index is -1.17. The van der Waals surface area contributed by atoms with Gasteiger partial charge in [-0.15, -0.1) is 0 Å². The van der Waals surface area contributed by atoms with Crippen LogP contribution in [0.1, 0.15) is 29.9 Å². The fraction of sp³-hybridized carbons (Fsp3) is 0.214. The molecular weight excluding hydrogens is 261 g/mol. The molecule has 0 spiro atoms. The number of carboxylic acid groups (broad SMARTS) is 1. The van der Waals surface area contributed by atoms with Gasteiger partial charge in [0, 0.05) is 5.56 Å². The maximum atomic E-state index is 13.0. The number of hydrogen-bond donors (Lipinski definition) is 2. The Morgan fingerprint density at radius 1 is 1.25 bits per heavy atom. The molecule has 0 aliphatic carbocycles. The van der Waals surface area contributed by atoms with Crippen LogP contribution in [0.4, 0.5) is 4.39 Å². The van der Waals surface area contributed by atoms with Gasteiger partial charge in [0.1, 0.15) is 17.7 Å². The molecule has 0 unspecified atom stereocenters. The zero-order valence-electron chi connectivity index (χ0n) is 11.1. The Morgan fingerprint density at radius 2 is 1.85 bits per heavy atom. The highest BCUT2D eigenvalue weighted by Crippen LogP contribution is 2.27. The van der Waals surface area contributed by atoms with E-state index >= 15 is 0 Å². The number of benzene rings is 1. The Hall–Kier alpha value is -2.34. The first-order valence-corrected chi connectivity index (χ1v) is 5.94. The third-order valence-electron chi connectivity index (χ3n) is 2.79. The first-order valence-electron chi connectivity index (χ1n) is 5.94. The maximum absolute atomic E-state index is 13.0. The van der Waals surface area contributed by atoms with Crippen molar-refractivity contribution in [3.05, 3.63) is 47.7 Å². The van der Waals surface area contributed by atoms with E-state index in [0.717, 1.165) is 0 Å². The first kappa shape index (κ1) is 14.1. The molecule has 1 aromatic heterocycles. The average Bonchev–Trinajstić information content (AvgIpc) is 2.37. The van der Waals surface area contributed by atoms with Crippen LogP contribution in [0.2, 0.25) is 0 Å². The predicted octanol–water partition coefficient (Wildman–Crippen LogP) is 2.17. The Bertz CT molecular complexity index is 648. The van der Waals surface area contributed by atoms with Crippen molar-refractivity contribution in [3.63, 3.8) is 0 Å². The smallest absolute Gasteiger partial charge is 0.339 e. The van der Waals surface area contributed by atoms with Crippen LogP contribution in [0.25, 0.3) is 11.3 Å². The summed E-state index contributed by atoms with van der Waals surface area (Å²) in [5.41, 5.74) is 5.92. The van der Waals surface area contributed by atoms with Gasteiger partial charge in [0.2, 0.25) is 0 Å². The van der Waals surface area contributed by atoms with Crippen LogP contribution in [-0.2, 0) is 5.54 Å². The van der Waals surface area contributed by atoms with Gasteiger partial charge < -0.3 is 10.8 Å². The fourth-order valence-electron chi connectivity index (χ4n) is 1.90. The molecule has 2 aromatic rings. The van der Waals surface area contributed by atoms with Crippen molar-refractivity contribution in [2.45, 2.75) is 19.4 Å². The van der Waals surface area contributed by atoms with Crippen LogP contribution in [0.3, 0.4) is 0 Å². The molecule has 0 radical (unpaired) electrons. The summed E-state index contributed by atoms with van der Waals surface area (Å²) < 4.78 is 13.0. The van der Waals surface area contributed by atoms with Crippen LogP contribution >= 0.6 is 0 Å². The molecule has 0 aliphatic heterocycles. The molecule has 0 aliphatic rings. The number of aromatic nitrogens is 2. The highest BCUT2D eigenvalue weighted by atomic mass is 19.1. The van der Waals surface area contributed by atoms with Crippen LogP contribution in [-0.4, -0.2) is 21.0 Å². The van der Waals surface area contributed by atoms with Gasteiger partial charge in [-0.3, -0.25) is 0 Å². The van der Waals surface area contributed by atoms with E-state index in [1.54, 1.807) is 13.8 Å². The summed E-state index contributed by atoms with van der Waals surface area (Å²) >= 11 is 0. The lowest BCUT2D eigenvalue weighted by atomic mass is 9.94. The van der Waals surface area contributed by atoms with Crippen LogP contribution < -0.4 is 5.73 Å². The molecule has 0 amide bonds. The summed E-state index contributed by atoms with van der Waals surface area (Å²) in [5.74, 6) is -1.57. The van der Waals surface area contributed by atoms with E-state index < -0.39 is 17.3 Å². The molecule has 20 heavy (non-hydrogen) atoms. The van der Waals surface area contributed by atoms with E-state index in [2.05, 4.69) is 9.97 Å². The minimum Gasteiger partial charge on any atom is -0.478 e. The average molecular weight is 275 g/mol. The summed E-state index contributed by atoms with van der Waals surface area (Å²) in [7, 11) is 0. The van der Waals surface area contributed by atoms with Crippen molar-refractivity contribution in [3.8, 4) is 11.3 Å². The molecule has 0 bridgehead atoms. The summed E-state index contributed by atoms with van der Waals surface area (Å²) in [6.07, 6.45) is 1.26. The van der Waals surface area contributed by atoms with Crippen LogP contribution in [0, 0.1) is 5.82 Å². The van der Waals surface area contributed by atoms with Crippen molar-refractivity contribution < 1.29 is 14.3 Å². The summed E-state index contributed by atoms with van der Waals surface area (Å²) in [5, 5.41) is 9.42. The van der Waals surface area contributed by atoms with Gasteiger partial charge in [-0.1, -0.05) is 0 Å². The third kappa shape index (κ3) is 2.65. The Morgan fingerprint density at radius 3 is 2.35 bits per heavy atom. The van der Waals surface area contributed by atoms with Gasteiger partial charge >= 0.3 is 5.97 Å². The number of rotatable bonds is 3. The standard InChI is InChI=1S/C14H14FN3O2/c1-14(2,16)12-10(13(19)20)11(17-7-18-12)8-3-5-9(15)6-4-8/h3-7H,16H2,1-2H3,(H,19,20). The number of nitrogens with zero attached hydrogens (tertiary/aromatic N) is 2. The number of halogens is 1. The number of nitrogens with two attached hydrogens (primary N) is 1. The molecule has 0 saturated carbocycles. The van der Waals surface area contributed by atoms with Crippen molar-refractivity contribution in [1.29, 1.82) is 0 Å². The Kier molecular flexibility index (Phi) is 3.50. The molecule has 6 heteroatoms. The zero-order valence-corrected chi connectivity index (χ0v) is 11.1. The summed E-state index contributed by atoms with van der Waals surface area (Å²) in [6, 6.07) is 5.43. The molecular formula is C14H14FN3O2. The fourth-order valence-corrected chi connectivity index (χ4v) is 1.90. The van der Waals surface area contributed by atoms with Gasteiger partial charge in [-0.05, 0) is 38.1 Å². The van der Waals surface area contributed by atoms with E-state index in [1.807, 2.05) is 0 Å². The van der Waals surface area contributed by atoms with Crippen molar-refractivity contribution >= 4 is 5.97 Å². The van der Waals surface area contributed by atoms with Crippen LogP contribution in [0.15, 0.2) is 30.6 Å². The minimum absolute atomic E-state index is 0.0633. The van der Waals surface area contributed by atoms with Gasteiger partial charge in [0.25, 0.3) is 0 Å². The van der Waals surface area contributed by atoms with Crippen molar-refractivity contribution in [2.24, 2.45) is 5.73 Å². The molecule has 0 saturated heterocycles. The van der Waals surface area contributed by atoms with E-state index in [9.17, 15) is 14.3 Å². The number of carboxylic acids is 1. The van der Waals surface area contributed by atoms with Crippen LogP contribution in [0.5, 0.6) is 0 Å². The van der Waals surface area contributed by atoms with Gasteiger partial charge in [0.15, 0.2) is 0 Å². The second kappa shape index (κ2) is 4.97. The molecule has 0 fully saturated rings. The lowest BCUT2D eigenvalue weighted by Crippen LogP contribution is -2.32. The number of aromatic carboxylic acids is 1. The van der Waals surface area contributed by atoms with Crippen molar-refractivity contribution in [2.75, 3.05) is 0 Å². The SMILES string of the molecule is CC(C)(N)c1ncnc(-c2ccc(F)cc2)c1C(=O)O. The van der Waals surface area contributed by atoms with Gasteiger partial charge in [0.05, 0.1) is 16.9 Å².